The normalized spacial score (nSPS) is 22.4. The summed E-state index contributed by atoms with van der Waals surface area (Å²) >= 11 is 0. The molecular formula is C20H24F7N3O. The predicted molar refractivity (Wildman–Crippen MR) is 98.3 cm³/mol. The fourth-order valence-corrected chi connectivity index (χ4v) is 3.95. The summed E-state index contributed by atoms with van der Waals surface area (Å²) in [6.45, 7) is -0.710. The molecular weight excluding hydrogens is 431 g/mol. The fourth-order valence-electron chi connectivity index (χ4n) is 3.95. The number of alkyl halides is 5. The third-order valence-electron chi connectivity index (χ3n) is 6.13. The third kappa shape index (κ3) is 5.14. The van der Waals surface area contributed by atoms with Crippen molar-refractivity contribution in [3.63, 3.8) is 0 Å². The van der Waals surface area contributed by atoms with Crippen LogP contribution in [0.25, 0.3) is 0 Å². The van der Waals surface area contributed by atoms with Crippen molar-refractivity contribution in [2.75, 3.05) is 19.6 Å². The van der Waals surface area contributed by atoms with Crippen LogP contribution in [0.1, 0.15) is 31.2 Å². The standard InChI is InChI=1S/C20H24F7N3O/c21-13-3-4-15(22)12(8-13)9-16(28)19(23,24)11-30-7-1-2-14(30)10-29-17(31)18(5-6-18)20(25,26)27/h3-4,8,14,16H,1-2,5-7,9-11,28H2,(H,29,31). The molecule has 1 heterocycles. The minimum Gasteiger partial charge on any atom is -0.354 e. The van der Waals surface area contributed by atoms with Gasteiger partial charge in [0.1, 0.15) is 17.0 Å². The van der Waals surface area contributed by atoms with Gasteiger partial charge in [-0.25, -0.2) is 17.6 Å². The number of rotatable bonds is 8. The molecule has 2 unspecified atom stereocenters. The molecule has 2 atom stereocenters. The average molecular weight is 455 g/mol. The second-order valence-electron chi connectivity index (χ2n) is 8.36. The number of amides is 1. The van der Waals surface area contributed by atoms with Gasteiger partial charge in [0, 0.05) is 12.6 Å². The lowest BCUT2D eigenvalue weighted by atomic mass is 10.00. The van der Waals surface area contributed by atoms with Crippen LogP contribution in [-0.4, -0.2) is 54.6 Å². The van der Waals surface area contributed by atoms with E-state index in [0.717, 1.165) is 18.2 Å². The summed E-state index contributed by atoms with van der Waals surface area (Å²) in [5, 5.41) is 2.26. The maximum atomic E-state index is 14.7. The molecule has 1 aliphatic heterocycles. The minimum absolute atomic E-state index is 0.180. The average Bonchev–Trinajstić information content (AvgIpc) is 3.39. The molecule has 2 fully saturated rings. The Labute approximate surface area is 174 Å². The first-order chi connectivity index (χ1) is 14.4. The summed E-state index contributed by atoms with van der Waals surface area (Å²) < 4.78 is 95.5. The van der Waals surface area contributed by atoms with E-state index in [0.29, 0.717) is 12.8 Å². The van der Waals surface area contributed by atoms with Crippen molar-refractivity contribution in [2.24, 2.45) is 11.1 Å². The van der Waals surface area contributed by atoms with Crippen LogP contribution in [0, 0.1) is 17.0 Å². The van der Waals surface area contributed by atoms with Gasteiger partial charge in [-0.05, 0) is 62.4 Å². The van der Waals surface area contributed by atoms with Crippen molar-refractivity contribution in [1.82, 2.24) is 10.2 Å². The molecule has 1 amide bonds. The Morgan fingerprint density at radius 1 is 1.23 bits per heavy atom. The second-order valence-corrected chi connectivity index (χ2v) is 8.36. The first-order valence-corrected chi connectivity index (χ1v) is 10.0. The Kier molecular flexibility index (Phi) is 6.57. The van der Waals surface area contributed by atoms with E-state index in [1.165, 1.54) is 4.90 Å². The van der Waals surface area contributed by atoms with Gasteiger partial charge < -0.3 is 11.1 Å². The number of likely N-dealkylation sites (tertiary alicyclic amines) is 1. The topological polar surface area (TPSA) is 58.4 Å². The molecule has 0 radical (unpaired) electrons. The maximum Gasteiger partial charge on any atom is 0.403 e. The van der Waals surface area contributed by atoms with Gasteiger partial charge in [-0.15, -0.1) is 0 Å². The molecule has 174 valence electrons. The number of nitrogens with zero attached hydrogens (tertiary/aromatic N) is 1. The van der Waals surface area contributed by atoms with Crippen LogP contribution in [-0.2, 0) is 11.2 Å². The predicted octanol–water partition coefficient (Wildman–Crippen LogP) is 3.39. The summed E-state index contributed by atoms with van der Waals surface area (Å²) in [4.78, 5) is 13.4. The number of halogens is 7. The smallest absolute Gasteiger partial charge is 0.354 e. The first-order valence-electron chi connectivity index (χ1n) is 10.0. The largest absolute Gasteiger partial charge is 0.403 e. The van der Waals surface area contributed by atoms with E-state index in [9.17, 15) is 35.5 Å². The van der Waals surface area contributed by atoms with Crippen molar-refractivity contribution in [3.8, 4) is 0 Å². The van der Waals surface area contributed by atoms with Gasteiger partial charge in [-0.3, -0.25) is 9.69 Å². The van der Waals surface area contributed by atoms with Crippen molar-refractivity contribution in [1.29, 1.82) is 0 Å². The number of carbonyl (C=O) groups is 1. The highest BCUT2D eigenvalue weighted by Gasteiger charge is 2.68. The molecule has 1 aromatic carbocycles. The number of carbonyl (C=O) groups excluding carboxylic acids is 1. The molecule has 31 heavy (non-hydrogen) atoms. The van der Waals surface area contributed by atoms with Gasteiger partial charge in [-0.1, -0.05) is 0 Å². The zero-order chi connectivity index (χ0) is 23.0. The van der Waals surface area contributed by atoms with Crippen molar-refractivity contribution in [3.05, 3.63) is 35.4 Å². The quantitative estimate of drug-likeness (QED) is 0.591. The molecule has 0 bridgehead atoms. The highest BCUT2D eigenvalue weighted by Crippen LogP contribution is 2.57. The number of hydrogen-bond donors (Lipinski definition) is 2. The lowest BCUT2D eigenvalue weighted by molar-refractivity contribution is -0.192. The van der Waals surface area contributed by atoms with Crippen LogP contribution in [0.2, 0.25) is 0 Å². The lowest BCUT2D eigenvalue weighted by Crippen LogP contribution is -2.53. The Balaban J connectivity index is 1.57. The molecule has 1 aromatic rings. The molecule has 1 saturated heterocycles. The van der Waals surface area contributed by atoms with Crippen LogP contribution >= 0.6 is 0 Å². The highest BCUT2D eigenvalue weighted by molar-refractivity contribution is 5.86. The number of nitrogens with two attached hydrogens (primary N) is 1. The fraction of sp³-hybridized carbons (Fsp3) is 0.650. The molecule has 11 heteroatoms. The summed E-state index contributed by atoms with van der Waals surface area (Å²) in [5.74, 6) is -6.20. The van der Waals surface area contributed by atoms with Crippen LogP contribution in [0.5, 0.6) is 0 Å². The van der Waals surface area contributed by atoms with E-state index in [4.69, 9.17) is 5.73 Å². The van der Waals surface area contributed by atoms with Gasteiger partial charge in [0.15, 0.2) is 0 Å². The molecule has 1 aliphatic carbocycles. The molecule has 4 nitrogen and oxygen atoms in total. The number of benzene rings is 1. The number of nitrogens with one attached hydrogen (secondary N) is 1. The Bertz CT molecular complexity index is 810. The summed E-state index contributed by atoms with van der Waals surface area (Å²) in [5.41, 5.74) is 2.97. The van der Waals surface area contributed by atoms with Crippen molar-refractivity contribution in [2.45, 2.75) is 56.3 Å². The molecule has 3 N–H and O–H groups in total. The van der Waals surface area contributed by atoms with E-state index in [1.54, 1.807) is 0 Å². The molecule has 0 spiro atoms. The third-order valence-corrected chi connectivity index (χ3v) is 6.13. The summed E-state index contributed by atoms with van der Waals surface area (Å²) in [6.07, 6.45) is -4.81. The van der Waals surface area contributed by atoms with E-state index in [-0.39, 0.29) is 31.5 Å². The zero-order valence-corrected chi connectivity index (χ0v) is 16.6. The monoisotopic (exact) mass is 455 g/mol. The molecule has 3 rings (SSSR count). The van der Waals surface area contributed by atoms with E-state index >= 15 is 0 Å². The van der Waals surface area contributed by atoms with Gasteiger partial charge in [-0.2, -0.15) is 13.2 Å². The Morgan fingerprint density at radius 3 is 2.52 bits per heavy atom. The van der Waals surface area contributed by atoms with Crippen LogP contribution in [0.4, 0.5) is 30.7 Å². The minimum atomic E-state index is -4.64. The van der Waals surface area contributed by atoms with Crippen LogP contribution in [0.15, 0.2) is 18.2 Å². The van der Waals surface area contributed by atoms with E-state index < -0.39 is 60.1 Å². The zero-order valence-electron chi connectivity index (χ0n) is 16.6. The second kappa shape index (κ2) is 8.57. The van der Waals surface area contributed by atoms with Crippen LogP contribution in [0.3, 0.4) is 0 Å². The van der Waals surface area contributed by atoms with Gasteiger partial charge in [0.2, 0.25) is 5.91 Å². The number of hydrogen-bond acceptors (Lipinski definition) is 3. The molecule has 1 saturated carbocycles. The van der Waals surface area contributed by atoms with Gasteiger partial charge in [0.05, 0.1) is 12.6 Å². The summed E-state index contributed by atoms with van der Waals surface area (Å²) in [6, 6.07) is 0.170. The van der Waals surface area contributed by atoms with Gasteiger partial charge >= 0.3 is 6.18 Å². The lowest BCUT2D eigenvalue weighted by Gasteiger charge is -2.32. The van der Waals surface area contributed by atoms with Crippen molar-refractivity contribution < 1.29 is 35.5 Å². The van der Waals surface area contributed by atoms with Crippen molar-refractivity contribution >= 4 is 5.91 Å². The van der Waals surface area contributed by atoms with Crippen LogP contribution < -0.4 is 11.1 Å². The first kappa shape index (κ1) is 23.8. The molecule has 2 aliphatic rings. The van der Waals surface area contributed by atoms with E-state index in [1.807, 2.05) is 0 Å². The van der Waals surface area contributed by atoms with Gasteiger partial charge in [0.25, 0.3) is 5.92 Å². The summed E-state index contributed by atoms with van der Waals surface area (Å²) in [7, 11) is 0. The Hall–Kier alpha value is -1.88. The SMILES string of the molecule is NC(Cc1cc(F)ccc1F)C(F)(F)CN1CCCC1CNC(=O)C1(C(F)(F)F)CC1. The molecule has 0 aromatic heterocycles. The highest BCUT2D eigenvalue weighted by atomic mass is 19.4. The van der Waals surface area contributed by atoms with E-state index in [2.05, 4.69) is 5.32 Å². The maximum absolute atomic E-state index is 14.7. The Morgan fingerprint density at radius 2 is 1.90 bits per heavy atom.